The summed E-state index contributed by atoms with van der Waals surface area (Å²) in [7, 11) is -3.89. The molecule has 5 nitrogen and oxygen atoms in total. The zero-order valence-electron chi connectivity index (χ0n) is 16.6. The fourth-order valence-corrected chi connectivity index (χ4v) is 4.46. The molecule has 3 aromatic rings. The van der Waals surface area contributed by atoms with Crippen LogP contribution < -0.4 is 9.62 Å². The fourth-order valence-electron chi connectivity index (χ4n) is 2.74. The molecular formula is C22H20F2N2O3S2. The summed E-state index contributed by atoms with van der Waals surface area (Å²) >= 11 is 1.69. The van der Waals surface area contributed by atoms with Crippen molar-refractivity contribution >= 4 is 39.1 Å². The summed E-state index contributed by atoms with van der Waals surface area (Å²) in [5, 5.41) is 2.62. The Bertz CT molecular complexity index is 1160. The van der Waals surface area contributed by atoms with Gasteiger partial charge in [-0.25, -0.2) is 17.2 Å². The molecule has 0 atom stereocenters. The summed E-state index contributed by atoms with van der Waals surface area (Å²) in [6, 6.07) is 19.8. The van der Waals surface area contributed by atoms with Gasteiger partial charge in [0, 0.05) is 22.4 Å². The van der Waals surface area contributed by atoms with Gasteiger partial charge in [-0.3, -0.25) is 9.10 Å². The third-order valence-corrected chi connectivity index (χ3v) is 6.49. The molecule has 0 unspecified atom stereocenters. The van der Waals surface area contributed by atoms with E-state index < -0.39 is 34.1 Å². The van der Waals surface area contributed by atoms with E-state index in [9.17, 15) is 22.0 Å². The van der Waals surface area contributed by atoms with Gasteiger partial charge in [0.1, 0.15) is 6.54 Å². The molecule has 0 heterocycles. The zero-order chi connectivity index (χ0) is 22.4. The van der Waals surface area contributed by atoms with Gasteiger partial charge in [-0.1, -0.05) is 30.3 Å². The van der Waals surface area contributed by atoms with E-state index in [-0.39, 0.29) is 5.69 Å². The van der Waals surface area contributed by atoms with Crippen LogP contribution in [0.1, 0.15) is 5.56 Å². The van der Waals surface area contributed by atoms with Crippen molar-refractivity contribution in [3.05, 3.63) is 90.0 Å². The Hall–Kier alpha value is -2.91. The number of benzene rings is 3. The number of amides is 1. The van der Waals surface area contributed by atoms with Gasteiger partial charge in [0.2, 0.25) is 15.9 Å². The maximum atomic E-state index is 13.5. The highest BCUT2D eigenvalue weighted by atomic mass is 32.2. The molecular weight excluding hydrogens is 442 g/mol. The fraction of sp³-hybridized carbons (Fsp3) is 0.136. The van der Waals surface area contributed by atoms with E-state index in [1.165, 1.54) is 0 Å². The lowest BCUT2D eigenvalue weighted by molar-refractivity contribution is -0.114. The Morgan fingerprint density at radius 2 is 1.65 bits per heavy atom. The number of thioether (sulfide) groups is 1. The molecule has 0 aliphatic heterocycles. The number of hydrogen-bond donors (Lipinski definition) is 1. The second-order valence-corrected chi connectivity index (χ2v) is 9.67. The summed E-state index contributed by atoms with van der Waals surface area (Å²) in [6.07, 6.45) is 0.890. The number of nitrogens with one attached hydrogen (secondary N) is 1. The van der Waals surface area contributed by atoms with Gasteiger partial charge >= 0.3 is 0 Å². The molecule has 1 amide bonds. The highest BCUT2D eigenvalue weighted by Gasteiger charge is 2.22. The molecule has 0 radical (unpaired) electrons. The van der Waals surface area contributed by atoms with Crippen LogP contribution in [0.25, 0.3) is 0 Å². The van der Waals surface area contributed by atoms with Gasteiger partial charge in [0.05, 0.1) is 11.9 Å². The minimum Gasteiger partial charge on any atom is -0.325 e. The number of carbonyl (C=O) groups is 1. The molecule has 0 aliphatic rings. The van der Waals surface area contributed by atoms with E-state index in [4.69, 9.17) is 0 Å². The number of hydrogen-bond acceptors (Lipinski definition) is 4. The standard InChI is InChI=1S/C22H20F2N2O3S2/c1-31(28,29)26(18-11-12-20(23)21(24)13-18)14-22(27)25-17-9-7-16(8-10-17)15-30-19-5-3-2-4-6-19/h2-13H,14-15H2,1H3,(H,25,27). The van der Waals surface area contributed by atoms with Crippen LogP contribution in [0.5, 0.6) is 0 Å². The first kappa shape index (κ1) is 22.8. The van der Waals surface area contributed by atoms with Crippen LogP contribution in [0, 0.1) is 11.6 Å². The van der Waals surface area contributed by atoms with Crippen molar-refractivity contribution < 1.29 is 22.0 Å². The molecule has 0 spiro atoms. The van der Waals surface area contributed by atoms with Crippen LogP contribution in [-0.2, 0) is 20.6 Å². The van der Waals surface area contributed by atoms with E-state index >= 15 is 0 Å². The summed E-state index contributed by atoms with van der Waals surface area (Å²) < 4.78 is 51.6. The Labute approximate surface area is 184 Å². The van der Waals surface area contributed by atoms with E-state index in [2.05, 4.69) is 5.32 Å². The second kappa shape index (κ2) is 9.93. The molecule has 162 valence electrons. The SMILES string of the molecule is CS(=O)(=O)N(CC(=O)Nc1ccc(CSc2ccccc2)cc1)c1ccc(F)c(F)c1. The zero-order valence-corrected chi connectivity index (χ0v) is 18.2. The number of anilines is 2. The molecule has 0 aliphatic carbocycles. The van der Waals surface area contributed by atoms with Crippen LogP contribution in [0.4, 0.5) is 20.2 Å². The van der Waals surface area contributed by atoms with Gasteiger partial charge in [0.25, 0.3) is 0 Å². The maximum Gasteiger partial charge on any atom is 0.245 e. The summed E-state index contributed by atoms with van der Waals surface area (Å²) in [5.41, 5.74) is 1.42. The average Bonchev–Trinajstić information content (AvgIpc) is 2.73. The van der Waals surface area contributed by atoms with Gasteiger partial charge in [-0.2, -0.15) is 0 Å². The van der Waals surface area contributed by atoms with E-state index in [0.717, 1.165) is 45.0 Å². The largest absolute Gasteiger partial charge is 0.325 e. The van der Waals surface area contributed by atoms with Gasteiger partial charge < -0.3 is 5.32 Å². The Morgan fingerprint density at radius 1 is 0.968 bits per heavy atom. The number of rotatable bonds is 8. The second-order valence-electron chi connectivity index (χ2n) is 6.71. The molecule has 0 aromatic heterocycles. The van der Waals surface area contributed by atoms with Crippen molar-refractivity contribution in [3.63, 3.8) is 0 Å². The minimum atomic E-state index is -3.89. The molecule has 0 fully saturated rings. The smallest absolute Gasteiger partial charge is 0.245 e. The lowest BCUT2D eigenvalue weighted by Gasteiger charge is -2.22. The van der Waals surface area contributed by atoms with E-state index in [1.807, 2.05) is 42.5 Å². The molecule has 0 saturated heterocycles. The quantitative estimate of drug-likeness (QED) is 0.495. The topological polar surface area (TPSA) is 66.5 Å². The first-order chi connectivity index (χ1) is 14.7. The van der Waals surface area contributed by atoms with Crippen LogP contribution in [-0.4, -0.2) is 27.1 Å². The van der Waals surface area contributed by atoms with Gasteiger partial charge in [0.15, 0.2) is 11.6 Å². The average molecular weight is 463 g/mol. The first-order valence-corrected chi connectivity index (χ1v) is 12.0. The minimum absolute atomic E-state index is 0.134. The maximum absolute atomic E-state index is 13.5. The Morgan fingerprint density at radius 3 is 2.26 bits per heavy atom. The lowest BCUT2D eigenvalue weighted by atomic mass is 10.2. The number of halogens is 2. The Balaban J connectivity index is 1.63. The molecule has 1 N–H and O–H groups in total. The third kappa shape index (κ3) is 6.53. The number of sulfonamides is 1. The molecule has 0 bridgehead atoms. The monoisotopic (exact) mass is 462 g/mol. The predicted octanol–water partition coefficient (Wildman–Crippen LogP) is 4.66. The van der Waals surface area contributed by atoms with Crippen molar-refractivity contribution in [3.8, 4) is 0 Å². The summed E-state index contributed by atoms with van der Waals surface area (Å²) in [5.74, 6) is -2.15. The summed E-state index contributed by atoms with van der Waals surface area (Å²) in [4.78, 5) is 13.6. The van der Waals surface area contributed by atoms with Gasteiger partial charge in [-0.15, -0.1) is 11.8 Å². The summed E-state index contributed by atoms with van der Waals surface area (Å²) in [6.45, 7) is -0.574. The first-order valence-electron chi connectivity index (χ1n) is 9.22. The van der Waals surface area contributed by atoms with Crippen LogP contribution in [0.15, 0.2) is 77.7 Å². The third-order valence-electron chi connectivity index (χ3n) is 4.27. The molecule has 9 heteroatoms. The van der Waals surface area contributed by atoms with Crippen LogP contribution >= 0.6 is 11.8 Å². The van der Waals surface area contributed by atoms with Crippen molar-refractivity contribution in [2.75, 3.05) is 22.4 Å². The molecule has 31 heavy (non-hydrogen) atoms. The van der Waals surface area contributed by atoms with Crippen molar-refractivity contribution in [1.29, 1.82) is 0 Å². The van der Waals surface area contributed by atoms with Crippen LogP contribution in [0.2, 0.25) is 0 Å². The van der Waals surface area contributed by atoms with Crippen LogP contribution in [0.3, 0.4) is 0 Å². The van der Waals surface area contributed by atoms with Crippen molar-refractivity contribution in [2.24, 2.45) is 0 Å². The Kier molecular flexibility index (Phi) is 7.29. The molecule has 0 saturated carbocycles. The van der Waals surface area contributed by atoms with Gasteiger partial charge in [-0.05, 0) is 42.0 Å². The highest BCUT2D eigenvalue weighted by Crippen LogP contribution is 2.23. The van der Waals surface area contributed by atoms with Crippen molar-refractivity contribution in [1.82, 2.24) is 0 Å². The highest BCUT2D eigenvalue weighted by molar-refractivity contribution is 7.98. The number of nitrogens with zero attached hydrogens (tertiary/aromatic N) is 1. The van der Waals surface area contributed by atoms with E-state index in [0.29, 0.717) is 5.69 Å². The van der Waals surface area contributed by atoms with E-state index in [1.54, 1.807) is 23.9 Å². The molecule has 3 aromatic carbocycles. The predicted molar refractivity (Wildman–Crippen MR) is 120 cm³/mol. The van der Waals surface area contributed by atoms with Crippen molar-refractivity contribution in [2.45, 2.75) is 10.6 Å². The molecule has 3 rings (SSSR count). The normalized spacial score (nSPS) is 11.2. The lowest BCUT2D eigenvalue weighted by Crippen LogP contribution is -2.37. The number of carbonyl (C=O) groups excluding carboxylic acids is 1.